The number of morpholine rings is 1. The topological polar surface area (TPSA) is 98.5 Å². The summed E-state index contributed by atoms with van der Waals surface area (Å²) < 4.78 is 21.9. The number of ether oxygens (including phenoxy) is 3. The predicted octanol–water partition coefficient (Wildman–Crippen LogP) is 3.25. The van der Waals surface area contributed by atoms with Crippen LogP contribution in [-0.4, -0.2) is 74.8 Å². The summed E-state index contributed by atoms with van der Waals surface area (Å²) in [5, 5.41) is 0.390. The molecule has 9 heteroatoms. The van der Waals surface area contributed by atoms with Gasteiger partial charge in [-0.2, -0.15) is 0 Å². The van der Waals surface area contributed by atoms with Gasteiger partial charge in [0.25, 0.3) is 5.91 Å². The van der Waals surface area contributed by atoms with Gasteiger partial charge >= 0.3 is 5.97 Å². The van der Waals surface area contributed by atoms with Crippen molar-refractivity contribution in [2.45, 2.75) is 19.4 Å². The second-order valence-corrected chi connectivity index (χ2v) is 9.09. The molecular weight excluding hydrogens is 476 g/mol. The second-order valence-electron chi connectivity index (χ2n) is 9.09. The van der Waals surface area contributed by atoms with Crippen molar-refractivity contribution >= 4 is 22.8 Å². The van der Waals surface area contributed by atoms with Gasteiger partial charge in [-0.1, -0.05) is 12.1 Å². The Hall–Kier alpha value is -3.69. The summed E-state index contributed by atoms with van der Waals surface area (Å²) in [7, 11) is 1.33. The van der Waals surface area contributed by atoms with Crippen LogP contribution in [-0.2, 0) is 9.47 Å². The minimum atomic E-state index is -0.619. The zero-order valence-corrected chi connectivity index (χ0v) is 21.0. The van der Waals surface area contributed by atoms with Gasteiger partial charge in [-0.3, -0.25) is 14.5 Å². The van der Waals surface area contributed by atoms with E-state index in [9.17, 15) is 14.4 Å². The Labute approximate surface area is 214 Å². The summed E-state index contributed by atoms with van der Waals surface area (Å²) >= 11 is 0. The number of methoxy groups -OCH3 is 1. The molecule has 1 aromatic heterocycles. The molecule has 2 aliphatic heterocycles. The zero-order chi connectivity index (χ0) is 25.9. The second kappa shape index (κ2) is 10.7. The molecule has 0 bridgehead atoms. The molecule has 1 atom stereocenters. The number of fused-ring (bicyclic) bond motifs is 2. The molecule has 0 N–H and O–H groups in total. The first-order valence-corrected chi connectivity index (χ1v) is 12.5. The summed E-state index contributed by atoms with van der Waals surface area (Å²) in [6.07, 6.45) is 0.735. The minimum Gasteiger partial charge on any atom is -0.494 e. The Morgan fingerprint density at radius 3 is 2.51 bits per heavy atom. The first-order chi connectivity index (χ1) is 18.0. The number of benzene rings is 2. The fraction of sp³-hybridized carbons (Fsp3) is 0.393. The van der Waals surface area contributed by atoms with E-state index in [0.717, 1.165) is 31.6 Å². The van der Waals surface area contributed by atoms with Gasteiger partial charge in [0.2, 0.25) is 5.76 Å². The van der Waals surface area contributed by atoms with Crippen molar-refractivity contribution in [1.82, 2.24) is 9.80 Å². The maximum atomic E-state index is 13.7. The van der Waals surface area contributed by atoms with Crippen molar-refractivity contribution in [2.75, 3.05) is 53.1 Å². The van der Waals surface area contributed by atoms with Crippen molar-refractivity contribution in [1.29, 1.82) is 0 Å². The highest BCUT2D eigenvalue weighted by atomic mass is 16.5. The van der Waals surface area contributed by atoms with Crippen LogP contribution in [0.2, 0.25) is 0 Å². The fourth-order valence-corrected chi connectivity index (χ4v) is 5.04. The van der Waals surface area contributed by atoms with Gasteiger partial charge in [0.1, 0.15) is 11.3 Å². The van der Waals surface area contributed by atoms with Crippen LogP contribution in [0, 0.1) is 0 Å². The highest BCUT2D eigenvalue weighted by molar-refractivity contribution is 5.99. The lowest BCUT2D eigenvalue weighted by atomic mass is 9.97. The molecule has 1 saturated heterocycles. The lowest BCUT2D eigenvalue weighted by Gasteiger charge is -2.29. The third-order valence-electron chi connectivity index (χ3n) is 6.87. The highest BCUT2D eigenvalue weighted by Crippen LogP contribution is 2.38. The predicted molar refractivity (Wildman–Crippen MR) is 136 cm³/mol. The summed E-state index contributed by atoms with van der Waals surface area (Å²) in [6.45, 7) is 6.75. The quantitative estimate of drug-likeness (QED) is 0.430. The van der Waals surface area contributed by atoms with Crippen molar-refractivity contribution in [3.8, 4) is 5.75 Å². The third-order valence-corrected chi connectivity index (χ3v) is 6.87. The Balaban J connectivity index is 1.53. The van der Waals surface area contributed by atoms with Crippen LogP contribution in [0.3, 0.4) is 0 Å². The Kier molecular flexibility index (Phi) is 7.25. The average Bonchev–Trinajstić information content (AvgIpc) is 3.20. The molecular formula is C28H30N2O7. The van der Waals surface area contributed by atoms with Crippen LogP contribution < -0.4 is 10.2 Å². The summed E-state index contributed by atoms with van der Waals surface area (Å²) in [5.74, 6) is -0.146. The highest BCUT2D eigenvalue weighted by Gasteiger charge is 2.42. The van der Waals surface area contributed by atoms with Gasteiger partial charge in [0, 0.05) is 32.2 Å². The Morgan fingerprint density at radius 1 is 1.05 bits per heavy atom. The SMILES string of the molecule is CCOc1ccc2c(=O)c3c(oc2c1)C(=O)N(CCCN1CCOCC1)C3c1ccc(C(=O)OC)cc1. The van der Waals surface area contributed by atoms with Crippen LogP contribution in [0.1, 0.15) is 51.4 Å². The van der Waals surface area contributed by atoms with Crippen LogP contribution >= 0.6 is 0 Å². The van der Waals surface area contributed by atoms with Gasteiger partial charge in [-0.15, -0.1) is 0 Å². The molecule has 37 heavy (non-hydrogen) atoms. The van der Waals surface area contributed by atoms with Gasteiger partial charge in [0.05, 0.1) is 49.5 Å². The molecule has 3 heterocycles. The van der Waals surface area contributed by atoms with Crippen molar-refractivity contribution in [3.63, 3.8) is 0 Å². The van der Waals surface area contributed by atoms with Crippen LogP contribution in [0.5, 0.6) is 5.75 Å². The molecule has 9 nitrogen and oxygen atoms in total. The van der Waals surface area contributed by atoms with Crippen LogP contribution in [0.4, 0.5) is 0 Å². The third kappa shape index (κ3) is 4.84. The molecule has 1 amide bonds. The maximum Gasteiger partial charge on any atom is 0.337 e. The minimum absolute atomic E-state index is 0.0552. The van der Waals surface area contributed by atoms with E-state index in [2.05, 4.69) is 4.90 Å². The normalized spacial score (nSPS) is 17.7. The van der Waals surface area contributed by atoms with Crippen molar-refractivity contribution in [3.05, 3.63) is 75.1 Å². The lowest BCUT2D eigenvalue weighted by molar-refractivity contribution is 0.0353. The largest absolute Gasteiger partial charge is 0.494 e. The molecule has 0 spiro atoms. The first kappa shape index (κ1) is 25.0. The Morgan fingerprint density at radius 2 is 1.81 bits per heavy atom. The van der Waals surface area contributed by atoms with E-state index < -0.39 is 12.0 Å². The number of esters is 1. The van der Waals surface area contributed by atoms with Gasteiger partial charge in [0.15, 0.2) is 5.43 Å². The summed E-state index contributed by atoms with van der Waals surface area (Å²) in [6, 6.07) is 11.2. The van der Waals surface area contributed by atoms with E-state index in [1.54, 1.807) is 47.4 Å². The molecule has 0 saturated carbocycles. The molecule has 5 rings (SSSR count). The monoisotopic (exact) mass is 506 g/mol. The molecule has 0 aliphatic carbocycles. The van der Waals surface area contributed by atoms with E-state index in [1.807, 2.05) is 6.92 Å². The van der Waals surface area contributed by atoms with Gasteiger partial charge in [-0.05, 0) is 43.2 Å². The number of carbonyl (C=O) groups excluding carboxylic acids is 2. The average molecular weight is 507 g/mol. The molecule has 0 radical (unpaired) electrons. The summed E-state index contributed by atoms with van der Waals surface area (Å²) in [4.78, 5) is 43.3. The summed E-state index contributed by atoms with van der Waals surface area (Å²) in [5.41, 5.74) is 1.51. The number of nitrogens with zero attached hydrogens (tertiary/aromatic N) is 2. The molecule has 1 unspecified atom stereocenters. The van der Waals surface area contributed by atoms with Crippen molar-refractivity contribution < 1.29 is 28.2 Å². The van der Waals surface area contributed by atoms with Crippen LogP contribution in [0.15, 0.2) is 51.7 Å². The standard InChI is InChI=1S/C28H30N2O7/c1-3-36-20-9-10-21-22(17-20)37-26-23(25(21)31)24(18-5-7-19(8-6-18)28(33)34-2)30(27(26)32)12-4-11-29-13-15-35-16-14-29/h5-10,17,24H,3-4,11-16H2,1-2H3. The van der Waals surface area contributed by atoms with Crippen LogP contribution in [0.25, 0.3) is 11.0 Å². The molecule has 2 aliphatic rings. The first-order valence-electron chi connectivity index (χ1n) is 12.5. The Bertz CT molecular complexity index is 1360. The molecule has 194 valence electrons. The maximum absolute atomic E-state index is 13.7. The number of hydrogen-bond acceptors (Lipinski definition) is 8. The van der Waals surface area contributed by atoms with E-state index in [4.69, 9.17) is 18.6 Å². The number of carbonyl (C=O) groups is 2. The number of rotatable bonds is 8. The lowest BCUT2D eigenvalue weighted by Crippen LogP contribution is -2.38. The molecule has 3 aromatic rings. The van der Waals surface area contributed by atoms with Crippen molar-refractivity contribution in [2.24, 2.45) is 0 Å². The van der Waals surface area contributed by atoms with Gasteiger partial charge < -0.3 is 23.5 Å². The van der Waals surface area contributed by atoms with E-state index >= 15 is 0 Å². The molecule has 1 fully saturated rings. The van der Waals surface area contributed by atoms with E-state index in [-0.39, 0.29) is 17.1 Å². The smallest absolute Gasteiger partial charge is 0.337 e. The van der Waals surface area contributed by atoms with Gasteiger partial charge in [-0.25, -0.2) is 4.79 Å². The van der Waals surface area contributed by atoms with E-state index in [1.165, 1.54) is 7.11 Å². The fourth-order valence-electron chi connectivity index (χ4n) is 5.04. The zero-order valence-electron chi connectivity index (χ0n) is 21.0. The van der Waals surface area contributed by atoms with E-state index in [0.29, 0.717) is 54.2 Å². The molecule has 2 aromatic carbocycles. The number of amides is 1. The number of hydrogen-bond donors (Lipinski definition) is 0.